The van der Waals surface area contributed by atoms with Crippen LogP contribution in [0.5, 0.6) is 11.5 Å². The maximum Gasteiger partial charge on any atom is 0.163 e. The van der Waals surface area contributed by atoms with Gasteiger partial charge < -0.3 is 10.1 Å². The highest BCUT2D eigenvalue weighted by molar-refractivity contribution is 5.96. The van der Waals surface area contributed by atoms with E-state index in [1.165, 1.54) is 12.1 Å². The van der Waals surface area contributed by atoms with Gasteiger partial charge in [0.1, 0.15) is 17.3 Å². The van der Waals surface area contributed by atoms with E-state index in [2.05, 4.69) is 33.0 Å². The minimum Gasteiger partial charge on any atom is -0.457 e. The first-order valence-corrected chi connectivity index (χ1v) is 9.48. The molecule has 1 N–H and O–H groups in total. The summed E-state index contributed by atoms with van der Waals surface area (Å²) in [5.41, 5.74) is 0.787. The van der Waals surface area contributed by atoms with Crippen molar-refractivity contribution in [1.82, 2.24) is 5.32 Å². The third kappa shape index (κ3) is 5.39. The van der Waals surface area contributed by atoms with E-state index in [0.29, 0.717) is 29.4 Å². The summed E-state index contributed by atoms with van der Waals surface area (Å²) in [5.74, 6) is 1.44. The normalized spacial score (nSPS) is 18.9. The highest BCUT2D eigenvalue weighted by Gasteiger charge is 2.38. The Morgan fingerprint density at radius 3 is 1.96 bits per heavy atom. The van der Waals surface area contributed by atoms with Gasteiger partial charge in [-0.15, -0.1) is 0 Å². The van der Waals surface area contributed by atoms with E-state index in [9.17, 15) is 9.18 Å². The molecular weight excluding hydrogens is 341 g/mol. The number of benzene rings is 2. The van der Waals surface area contributed by atoms with Crippen molar-refractivity contribution in [3.05, 3.63) is 59.9 Å². The molecular formula is C23H28FNO2. The number of piperidine rings is 1. The zero-order valence-electron chi connectivity index (χ0n) is 16.5. The highest BCUT2D eigenvalue weighted by Crippen LogP contribution is 2.35. The Morgan fingerprint density at radius 2 is 1.44 bits per heavy atom. The second-order valence-corrected chi connectivity index (χ2v) is 8.87. The predicted molar refractivity (Wildman–Crippen MR) is 106 cm³/mol. The van der Waals surface area contributed by atoms with Crippen LogP contribution in [0.1, 0.15) is 57.3 Å². The van der Waals surface area contributed by atoms with Crippen LogP contribution in [0.25, 0.3) is 0 Å². The van der Waals surface area contributed by atoms with Gasteiger partial charge in [0.15, 0.2) is 5.78 Å². The summed E-state index contributed by atoms with van der Waals surface area (Å²) in [6, 6.07) is 13.0. The maximum absolute atomic E-state index is 13.0. The molecule has 0 aliphatic carbocycles. The molecule has 1 saturated heterocycles. The Morgan fingerprint density at radius 1 is 0.963 bits per heavy atom. The van der Waals surface area contributed by atoms with Crippen LogP contribution >= 0.6 is 0 Å². The van der Waals surface area contributed by atoms with Gasteiger partial charge in [-0.3, -0.25) is 4.79 Å². The topological polar surface area (TPSA) is 38.3 Å². The van der Waals surface area contributed by atoms with Crippen molar-refractivity contribution in [3.63, 3.8) is 0 Å². The van der Waals surface area contributed by atoms with E-state index in [-0.39, 0.29) is 22.7 Å². The fraction of sp³-hybridized carbons (Fsp3) is 0.435. The largest absolute Gasteiger partial charge is 0.457 e. The Hall–Kier alpha value is -2.20. The van der Waals surface area contributed by atoms with E-state index < -0.39 is 0 Å². The molecule has 4 heteroatoms. The van der Waals surface area contributed by atoms with Crippen LogP contribution in [0.3, 0.4) is 0 Å². The Bertz CT molecular complexity index is 778. The lowest BCUT2D eigenvalue weighted by Gasteiger charge is -2.46. The number of Topliss-reactive ketones (excluding diaryl/α,β-unsaturated/α-hetero) is 1. The Balaban J connectivity index is 1.63. The first-order valence-electron chi connectivity index (χ1n) is 9.48. The molecule has 0 atom stereocenters. The van der Waals surface area contributed by atoms with Gasteiger partial charge in [-0.05, 0) is 95.0 Å². The third-order valence-electron chi connectivity index (χ3n) is 4.97. The molecule has 0 bridgehead atoms. The summed E-state index contributed by atoms with van der Waals surface area (Å²) in [6.45, 7) is 8.81. The Labute approximate surface area is 160 Å². The second-order valence-electron chi connectivity index (χ2n) is 8.87. The van der Waals surface area contributed by atoms with Gasteiger partial charge in [-0.25, -0.2) is 4.39 Å². The van der Waals surface area contributed by atoms with E-state index in [4.69, 9.17) is 4.74 Å². The van der Waals surface area contributed by atoms with Crippen molar-refractivity contribution in [2.75, 3.05) is 0 Å². The van der Waals surface area contributed by atoms with Crippen molar-refractivity contribution in [2.24, 2.45) is 5.92 Å². The highest BCUT2D eigenvalue weighted by atomic mass is 19.1. The minimum absolute atomic E-state index is 0.0412. The lowest BCUT2D eigenvalue weighted by atomic mass is 9.74. The molecule has 144 valence electrons. The zero-order chi connectivity index (χ0) is 19.7. The molecule has 1 fully saturated rings. The summed E-state index contributed by atoms with van der Waals surface area (Å²) in [4.78, 5) is 12.7. The number of halogens is 1. The van der Waals surface area contributed by atoms with Crippen LogP contribution in [0.2, 0.25) is 0 Å². The van der Waals surface area contributed by atoms with Gasteiger partial charge in [0.05, 0.1) is 0 Å². The van der Waals surface area contributed by atoms with Crippen LogP contribution in [0.15, 0.2) is 48.5 Å². The molecule has 0 radical (unpaired) electrons. The number of hydrogen-bond donors (Lipinski definition) is 1. The average molecular weight is 369 g/mol. The first-order chi connectivity index (χ1) is 12.6. The second kappa shape index (κ2) is 7.43. The fourth-order valence-corrected chi connectivity index (χ4v) is 4.41. The van der Waals surface area contributed by atoms with Crippen molar-refractivity contribution in [2.45, 2.75) is 58.0 Å². The van der Waals surface area contributed by atoms with E-state index in [1.54, 1.807) is 36.4 Å². The number of hydrogen-bond acceptors (Lipinski definition) is 3. The average Bonchev–Trinajstić information content (AvgIpc) is 2.54. The van der Waals surface area contributed by atoms with Gasteiger partial charge in [-0.1, -0.05) is 0 Å². The van der Waals surface area contributed by atoms with E-state index in [1.807, 2.05) is 0 Å². The van der Waals surface area contributed by atoms with Gasteiger partial charge in [-0.2, -0.15) is 0 Å². The molecule has 0 spiro atoms. The summed E-state index contributed by atoms with van der Waals surface area (Å²) in [5, 5.41) is 3.66. The quantitative estimate of drug-likeness (QED) is 0.682. The van der Waals surface area contributed by atoms with Crippen LogP contribution in [0.4, 0.5) is 4.39 Å². The molecule has 2 aromatic carbocycles. The first kappa shape index (κ1) is 19.6. The minimum atomic E-state index is -0.299. The van der Waals surface area contributed by atoms with Gasteiger partial charge >= 0.3 is 0 Å². The number of ketones is 1. The monoisotopic (exact) mass is 369 g/mol. The predicted octanol–water partition coefficient (Wildman–Crippen LogP) is 5.75. The van der Waals surface area contributed by atoms with E-state index in [0.717, 1.165) is 12.8 Å². The molecule has 1 aliphatic rings. The number of ether oxygens (including phenoxy) is 1. The third-order valence-corrected chi connectivity index (χ3v) is 4.97. The van der Waals surface area contributed by atoms with Crippen molar-refractivity contribution < 1.29 is 13.9 Å². The van der Waals surface area contributed by atoms with Crippen molar-refractivity contribution in [3.8, 4) is 11.5 Å². The molecule has 0 saturated carbocycles. The van der Waals surface area contributed by atoms with Gasteiger partial charge in [0.25, 0.3) is 0 Å². The van der Waals surface area contributed by atoms with Crippen molar-refractivity contribution in [1.29, 1.82) is 0 Å². The van der Waals surface area contributed by atoms with Gasteiger partial charge in [0.2, 0.25) is 0 Å². The van der Waals surface area contributed by atoms with Crippen LogP contribution in [-0.4, -0.2) is 16.9 Å². The maximum atomic E-state index is 13.0. The SMILES string of the molecule is CC1(C)CC(CC(=O)c2ccc(Oc3ccc(F)cc3)cc2)CC(C)(C)N1. The van der Waals surface area contributed by atoms with Crippen LogP contribution < -0.4 is 10.1 Å². The van der Waals surface area contributed by atoms with Crippen molar-refractivity contribution >= 4 is 5.78 Å². The lowest BCUT2D eigenvalue weighted by molar-refractivity contribution is 0.0864. The van der Waals surface area contributed by atoms with Gasteiger partial charge in [0, 0.05) is 23.1 Å². The summed E-state index contributed by atoms with van der Waals surface area (Å²) >= 11 is 0. The van der Waals surface area contributed by atoms with Crippen LogP contribution in [0, 0.1) is 11.7 Å². The molecule has 1 heterocycles. The molecule has 0 aromatic heterocycles. The Kier molecular flexibility index (Phi) is 5.38. The molecule has 1 aliphatic heterocycles. The number of carbonyl (C=O) groups is 1. The molecule has 0 amide bonds. The summed E-state index contributed by atoms with van der Waals surface area (Å²) in [7, 11) is 0. The molecule has 2 aromatic rings. The summed E-state index contributed by atoms with van der Waals surface area (Å²) < 4.78 is 18.6. The smallest absolute Gasteiger partial charge is 0.163 e. The van der Waals surface area contributed by atoms with E-state index >= 15 is 0 Å². The lowest BCUT2D eigenvalue weighted by Crippen LogP contribution is -2.57. The molecule has 27 heavy (non-hydrogen) atoms. The molecule has 3 rings (SSSR count). The molecule has 3 nitrogen and oxygen atoms in total. The summed E-state index contributed by atoms with van der Waals surface area (Å²) in [6.07, 6.45) is 2.55. The molecule has 0 unspecified atom stereocenters. The number of rotatable bonds is 5. The zero-order valence-corrected chi connectivity index (χ0v) is 16.5. The standard InChI is InChI=1S/C23H28FNO2/c1-22(2)14-16(15-23(3,4)25-22)13-21(26)17-5-9-19(10-6-17)27-20-11-7-18(24)8-12-20/h5-12,16,25H,13-15H2,1-4H3. The number of carbonyl (C=O) groups excluding carboxylic acids is 1. The van der Waals surface area contributed by atoms with Crippen LogP contribution in [-0.2, 0) is 0 Å². The number of nitrogens with one attached hydrogen (secondary N) is 1. The fourth-order valence-electron chi connectivity index (χ4n) is 4.41.